The van der Waals surface area contributed by atoms with Crippen LogP contribution in [0.5, 0.6) is 0 Å². The molecule has 0 radical (unpaired) electrons. The third-order valence-corrected chi connectivity index (χ3v) is 1.13. The van der Waals surface area contributed by atoms with E-state index < -0.39 is 6.29 Å². The van der Waals surface area contributed by atoms with E-state index in [1.807, 2.05) is 0 Å². The maximum atomic E-state index is 8.45. The molecule has 0 spiro atoms. The van der Waals surface area contributed by atoms with Gasteiger partial charge in [0, 0.05) is 5.92 Å². The van der Waals surface area contributed by atoms with Crippen LogP contribution in [-0.2, 0) is 0 Å². The molecule has 8 heavy (non-hydrogen) atoms. The molecule has 0 rings (SSSR count). The van der Waals surface area contributed by atoms with Crippen LogP contribution in [0.4, 0.5) is 0 Å². The SMILES string of the molecule is CC(CCN)C(O)O. The van der Waals surface area contributed by atoms with Crippen LogP contribution in [0.2, 0.25) is 0 Å². The van der Waals surface area contributed by atoms with E-state index in [0.29, 0.717) is 13.0 Å². The van der Waals surface area contributed by atoms with Gasteiger partial charge in [-0.15, -0.1) is 0 Å². The van der Waals surface area contributed by atoms with Crippen LogP contribution in [0.3, 0.4) is 0 Å². The molecule has 3 nitrogen and oxygen atoms in total. The molecule has 4 N–H and O–H groups in total. The van der Waals surface area contributed by atoms with Crippen LogP contribution in [0.15, 0.2) is 0 Å². The molecule has 0 aliphatic rings. The molecule has 0 fully saturated rings. The van der Waals surface area contributed by atoms with Crippen molar-refractivity contribution >= 4 is 0 Å². The summed E-state index contributed by atoms with van der Waals surface area (Å²) in [6.45, 7) is 2.26. The first-order chi connectivity index (χ1) is 3.68. The van der Waals surface area contributed by atoms with Gasteiger partial charge in [-0.2, -0.15) is 0 Å². The number of aliphatic hydroxyl groups is 2. The molecule has 0 aliphatic carbocycles. The van der Waals surface area contributed by atoms with Gasteiger partial charge in [-0.05, 0) is 13.0 Å². The van der Waals surface area contributed by atoms with Crippen LogP contribution in [0, 0.1) is 5.92 Å². The summed E-state index contributed by atoms with van der Waals surface area (Å²) in [5, 5.41) is 16.9. The predicted octanol–water partition coefficient (Wildman–Crippen LogP) is -0.718. The Kier molecular flexibility index (Phi) is 3.77. The monoisotopic (exact) mass is 119 g/mol. The summed E-state index contributed by atoms with van der Waals surface area (Å²) >= 11 is 0. The Labute approximate surface area is 49.1 Å². The molecule has 0 amide bonds. The van der Waals surface area contributed by atoms with Gasteiger partial charge in [0.05, 0.1) is 0 Å². The summed E-state index contributed by atoms with van der Waals surface area (Å²) in [6, 6.07) is 0. The zero-order chi connectivity index (χ0) is 6.57. The Balaban J connectivity index is 3.17. The highest BCUT2D eigenvalue weighted by Crippen LogP contribution is 2.02. The van der Waals surface area contributed by atoms with E-state index in [4.69, 9.17) is 15.9 Å². The van der Waals surface area contributed by atoms with Gasteiger partial charge in [-0.1, -0.05) is 6.92 Å². The standard InChI is InChI=1S/C5H13NO2/c1-4(2-3-6)5(7)8/h4-5,7-8H,2-3,6H2,1H3. The van der Waals surface area contributed by atoms with Crippen molar-refractivity contribution in [3.05, 3.63) is 0 Å². The minimum absolute atomic E-state index is 0.0972. The number of aliphatic hydroxyl groups excluding tert-OH is 1. The minimum Gasteiger partial charge on any atom is -0.368 e. The van der Waals surface area contributed by atoms with E-state index in [9.17, 15) is 0 Å². The lowest BCUT2D eigenvalue weighted by molar-refractivity contribution is -0.0796. The van der Waals surface area contributed by atoms with E-state index in [1.165, 1.54) is 0 Å². The molecule has 0 saturated carbocycles. The topological polar surface area (TPSA) is 66.5 Å². The molecule has 0 heterocycles. The molecule has 1 unspecified atom stereocenters. The fourth-order valence-corrected chi connectivity index (χ4v) is 0.412. The second-order valence-electron chi connectivity index (χ2n) is 1.97. The Morgan fingerprint density at radius 3 is 2.12 bits per heavy atom. The first kappa shape index (κ1) is 7.88. The van der Waals surface area contributed by atoms with Gasteiger partial charge in [0.25, 0.3) is 0 Å². The van der Waals surface area contributed by atoms with Crippen molar-refractivity contribution in [3.63, 3.8) is 0 Å². The molecular weight excluding hydrogens is 106 g/mol. The molecule has 0 aromatic carbocycles. The summed E-state index contributed by atoms with van der Waals surface area (Å²) in [5.74, 6) is -0.0972. The molecular formula is C5H13NO2. The lowest BCUT2D eigenvalue weighted by Gasteiger charge is -2.10. The first-order valence-corrected chi connectivity index (χ1v) is 2.74. The average molecular weight is 119 g/mol. The van der Waals surface area contributed by atoms with Crippen LogP contribution in [0.1, 0.15) is 13.3 Å². The molecule has 50 valence electrons. The molecule has 0 saturated heterocycles. The maximum absolute atomic E-state index is 8.45. The largest absolute Gasteiger partial charge is 0.368 e. The second kappa shape index (κ2) is 3.83. The van der Waals surface area contributed by atoms with Gasteiger partial charge < -0.3 is 15.9 Å². The second-order valence-corrected chi connectivity index (χ2v) is 1.97. The number of nitrogens with two attached hydrogens (primary N) is 1. The zero-order valence-electron chi connectivity index (χ0n) is 5.04. The molecule has 0 aliphatic heterocycles. The highest BCUT2D eigenvalue weighted by Gasteiger charge is 2.07. The van der Waals surface area contributed by atoms with Crippen LogP contribution >= 0.6 is 0 Å². The highest BCUT2D eigenvalue weighted by molar-refractivity contribution is 4.52. The number of hydrogen-bond donors (Lipinski definition) is 3. The summed E-state index contributed by atoms with van der Waals surface area (Å²) < 4.78 is 0. The van der Waals surface area contributed by atoms with Crippen molar-refractivity contribution in [2.75, 3.05) is 6.54 Å². The van der Waals surface area contributed by atoms with E-state index in [-0.39, 0.29) is 5.92 Å². The van der Waals surface area contributed by atoms with Crippen molar-refractivity contribution in [1.82, 2.24) is 0 Å². The van der Waals surface area contributed by atoms with E-state index in [0.717, 1.165) is 0 Å². The third kappa shape index (κ3) is 2.96. The third-order valence-electron chi connectivity index (χ3n) is 1.13. The molecule has 0 bridgehead atoms. The highest BCUT2D eigenvalue weighted by atomic mass is 16.5. The summed E-state index contributed by atoms with van der Waals surface area (Å²) in [7, 11) is 0. The van der Waals surface area contributed by atoms with Crippen LogP contribution in [-0.4, -0.2) is 23.0 Å². The Bertz CT molecular complexity index is 56.4. The smallest absolute Gasteiger partial charge is 0.154 e. The summed E-state index contributed by atoms with van der Waals surface area (Å²) in [4.78, 5) is 0. The van der Waals surface area contributed by atoms with Crippen molar-refractivity contribution in [1.29, 1.82) is 0 Å². The lowest BCUT2D eigenvalue weighted by atomic mass is 10.1. The van der Waals surface area contributed by atoms with Gasteiger partial charge in [-0.25, -0.2) is 0 Å². The average Bonchev–Trinajstić information content (AvgIpc) is 1.67. The lowest BCUT2D eigenvalue weighted by Crippen LogP contribution is -2.19. The maximum Gasteiger partial charge on any atom is 0.154 e. The number of rotatable bonds is 3. The fourth-order valence-electron chi connectivity index (χ4n) is 0.412. The van der Waals surface area contributed by atoms with E-state index >= 15 is 0 Å². The van der Waals surface area contributed by atoms with Gasteiger partial charge in [-0.3, -0.25) is 0 Å². The van der Waals surface area contributed by atoms with Gasteiger partial charge in [0.15, 0.2) is 6.29 Å². The molecule has 0 aromatic rings. The van der Waals surface area contributed by atoms with Crippen molar-refractivity contribution in [2.24, 2.45) is 11.7 Å². The minimum atomic E-state index is -1.21. The van der Waals surface area contributed by atoms with Crippen molar-refractivity contribution in [2.45, 2.75) is 19.6 Å². The van der Waals surface area contributed by atoms with Gasteiger partial charge >= 0.3 is 0 Å². The molecule has 1 atom stereocenters. The molecule has 0 aromatic heterocycles. The number of hydrogen-bond acceptors (Lipinski definition) is 3. The quantitative estimate of drug-likeness (QED) is 0.430. The Hall–Kier alpha value is -0.120. The van der Waals surface area contributed by atoms with E-state index in [1.54, 1.807) is 6.92 Å². The Morgan fingerprint density at radius 2 is 2.00 bits per heavy atom. The van der Waals surface area contributed by atoms with E-state index in [2.05, 4.69) is 0 Å². The van der Waals surface area contributed by atoms with Gasteiger partial charge in [0.2, 0.25) is 0 Å². The zero-order valence-corrected chi connectivity index (χ0v) is 5.04. The first-order valence-electron chi connectivity index (χ1n) is 2.74. The van der Waals surface area contributed by atoms with Crippen molar-refractivity contribution < 1.29 is 10.2 Å². The Morgan fingerprint density at radius 1 is 1.50 bits per heavy atom. The van der Waals surface area contributed by atoms with Gasteiger partial charge in [0.1, 0.15) is 0 Å². The molecule has 3 heteroatoms. The normalized spacial score (nSPS) is 14.6. The summed E-state index contributed by atoms with van der Waals surface area (Å²) in [5.41, 5.74) is 5.14. The summed E-state index contributed by atoms with van der Waals surface area (Å²) in [6.07, 6.45) is -0.545. The predicted molar refractivity (Wildman–Crippen MR) is 31.1 cm³/mol. The van der Waals surface area contributed by atoms with Crippen LogP contribution in [0.25, 0.3) is 0 Å². The fraction of sp³-hybridized carbons (Fsp3) is 1.00. The van der Waals surface area contributed by atoms with Crippen LogP contribution < -0.4 is 5.73 Å². The van der Waals surface area contributed by atoms with Crippen molar-refractivity contribution in [3.8, 4) is 0 Å².